The van der Waals surface area contributed by atoms with E-state index in [-0.39, 0.29) is 30.2 Å². The van der Waals surface area contributed by atoms with E-state index in [4.69, 9.17) is 18.9 Å². The molecule has 15 heteroatoms. The zero-order valence-electron chi connectivity index (χ0n) is 35.8. The molecule has 15 nitrogen and oxygen atoms in total. The number of aliphatic hydroxyl groups is 1. The van der Waals surface area contributed by atoms with E-state index in [1.807, 2.05) is 48.5 Å². The number of aliphatic carboxylic acids is 1. The van der Waals surface area contributed by atoms with Gasteiger partial charge in [0.2, 0.25) is 5.91 Å². The van der Waals surface area contributed by atoms with Crippen molar-refractivity contribution in [2.75, 3.05) is 25.2 Å². The number of carboxylic acids is 1. The van der Waals surface area contributed by atoms with Crippen molar-refractivity contribution in [3.63, 3.8) is 0 Å². The summed E-state index contributed by atoms with van der Waals surface area (Å²) in [7, 11) is 1.55. The third-order valence-corrected chi connectivity index (χ3v) is 12.4. The Bertz CT molecular complexity index is 2920. The Morgan fingerprint density at radius 2 is 1.40 bits per heavy atom. The minimum absolute atomic E-state index is 0.00811. The van der Waals surface area contributed by atoms with Crippen LogP contribution in [0.3, 0.4) is 0 Å². The molecule has 2 N–H and O–H groups in total. The van der Waals surface area contributed by atoms with Crippen molar-refractivity contribution >= 4 is 35.3 Å². The van der Waals surface area contributed by atoms with Gasteiger partial charge in [-0.15, -0.1) is 0 Å². The van der Waals surface area contributed by atoms with Crippen LogP contribution in [0.4, 0.5) is 16.2 Å². The number of ether oxygens (including phenoxy) is 4. The lowest BCUT2D eigenvalue weighted by Crippen LogP contribution is -2.53. The van der Waals surface area contributed by atoms with Crippen LogP contribution in [0.15, 0.2) is 152 Å². The van der Waals surface area contributed by atoms with Crippen LogP contribution >= 0.6 is 0 Å². The van der Waals surface area contributed by atoms with E-state index >= 15 is 4.79 Å². The Labute approximate surface area is 383 Å². The Hall–Kier alpha value is -8.32. The first-order valence-corrected chi connectivity index (χ1v) is 21.2. The first kappa shape index (κ1) is 43.9. The highest BCUT2D eigenvalue weighted by atomic mass is 16.6. The van der Waals surface area contributed by atoms with Crippen LogP contribution in [0.2, 0.25) is 0 Å². The molecule has 2 amide bonds. The van der Waals surface area contributed by atoms with Crippen molar-refractivity contribution in [3.05, 3.63) is 201 Å². The SMILES string of the molecule is COc1ccc(C#Cc2ccc3c(c2)[C@]2(C(=O)N3C(=O)OCc3ccc([N+](=O)[O-])cc3)[C@H](c3ccc(OCCO)cc3)N3[C@H](c4ccccc4)[C@H](c4ccccc4)OC(=O)[C@H]3[C@@H]2C(=O)O)cc1. The standard InChI is InChI=1S/C52H41N3O12/c1-64-39-23-16-32(17-24-39)12-13-33-18-27-42-41(30-33)52(50(60)53(42)51(61)66-31-34-14-21-38(22-15-34)55(62)63)43(48(57)58)45-49(59)67-46(36-10-6-3-7-11-36)44(35-8-4-2-5-9-35)54(45)47(52)37-19-25-40(26-20-37)65-29-28-56/h2-11,14-27,30,43-47,56H,28-29,31H2,1H3,(H,57,58)/t43-,44-,45-,46+,47+,52-/m1/s1. The number of hydrogen-bond donors (Lipinski definition) is 2. The average molecular weight is 900 g/mol. The fourth-order valence-corrected chi connectivity index (χ4v) is 9.60. The van der Waals surface area contributed by atoms with Crippen molar-refractivity contribution < 1.29 is 53.3 Å². The number of fused-ring (bicyclic) bond motifs is 3. The van der Waals surface area contributed by atoms with Crippen LogP contribution in [-0.4, -0.2) is 70.3 Å². The number of imide groups is 1. The molecule has 1 spiro atoms. The number of non-ortho nitro benzene ring substituents is 1. The van der Waals surface area contributed by atoms with E-state index in [0.717, 1.165) is 4.90 Å². The van der Waals surface area contributed by atoms with Crippen LogP contribution < -0.4 is 14.4 Å². The second-order valence-corrected chi connectivity index (χ2v) is 16.1. The number of anilines is 1. The van der Waals surface area contributed by atoms with E-state index < -0.39 is 71.0 Å². The number of amides is 2. The van der Waals surface area contributed by atoms with Gasteiger partial charge in [-0.2, -0.15) is 0 Å². The molecule has 0 aromatic heterocycles. The first-order chi connectivity index (χ1) is 32.5. The molecule has 0 radical (unpaired) electrons. The smallest absolute Gasteiger partial charge is 0.421 e. The minimum atomic E-state index is -2.25. The lowest BCUT2D eigenvalue weighted by Gasteiger charge is -2.46. The van der Waals surface area contributed by atoms with Gasteiger partial charge in [0.05, 0.1) is 36.4 Å². The summed E-state index contributed by atoms with van der Waals surface area (Å²) in [5.41, 5.74) is 0.757. The summed E-state index contributed by atoms with van der Waals surface area (Å²) in [4.78, 5) is 73.2. The quantitative estimate of drug-likeness (QED) is 0.0564. The molecule has 67 heavy (non-hydrogen) atoms. The molecule has 0 unspecified atom stereocenters. The normalized spacial score (nSPS) is 21.6. The van der Waals surface area contributed by atoms with Gasteiger partial charge in [0, 0.05) is 23.3 Å². The van der Waals surface area contributed by atoms with Crippen LogP contribution in [0.25, 0.3) is 0 Å². The Kier molecular flexibility index (Phi) is 12.0. The Morgan fingerprint density at radius 3 is 2.03 bits per heavy atom. The number of nitrogens with zero attached hydrogens (tertiary/aromatic N) is 3. The predicted molar refractivity (Wildman–Crippen MR) is 241 cm³/mol. The van der Waals surface area contributed by atoms with Gasteiger partial charge >= 0.3 is 18.0 Å². The molecular formula is C52H41N3O12. The molecule has 3 aliphatic rings. The van der Waals surface area contributed by atoms with Crippen LogP contribution in [-0.2, 0) is 35.9 Å². The summed E-state index contributed by atoms with van der Waals surface area (Å²) < 4.78 is 23.1. The molecule has 3 aliphatic heterocycles. The fraction of sp³-hybridized carbons (Fsp3) is 0.192. The highest BCUT2D eigenvalue weighted by Crippen LogP contribution is 2.66. The maximum atomic E-state index is 16.1. The zero-order valence-corrected chi connectivity index (χ0v) is 35.8. The second kappa shape index (κ2) is 18.3. The number of rotatable bonds is 11. The zero-order chi connectivity index (χ0) is 46.8. The number of carbonyl (C=O) groups is 4. The third kappa shape index (κ3) is 7.88. The van der Waals surface area contributed by atoms with Crippen molar-refractivity contribution in [3.8, 4) is 23.3 Å². The summed E-state index contributed by atoms with van der Waals surface area (Å²) in [5, 5.41) is 32.5. The maximum absolute atomic E-state index is 16.1. The van der Waals surface area contributed by atoms with Gasteiger partial charge < -0.3 is 29.2 Å². The van der Waals surface area contributed by atoms with Crippen molar-refractivity contribution in [2.45, 2.75) is 36.3 Å². The van der Waals surface area contributed by atoms with Gasteiger partial charge in [0.1, 0.15) is 48.2 Å². The molecular weight excluding hydrogens is 859 g/mol. The molecule has 3 heterocycles. The number of carboxylic acid groups (broad SMARTS) is 1. The highest BCUT2D eigenvalue weighted by molar-refractivity contribution is 6.23. The lowest BCUT2D eigenvalue weighted by molar-refractivity contribution is -0.384. The molecule has 0 bridgehead atoms. The number of esters is 1. The van der Waals surface area contributed by atoms with Gasteiger partial charge in [0.15, 0.2) is 0 Å². The molecule has 9 rings (SSSR count). The van der Waals surface area contributed by atoms with Crippen molar-refractivity contribution in [1.29, 1.82) is 0 Å². The van der Waals surface area contributed by atoms with Gasteiger partial charge in [0.25, 0.3) is 5.69 Å². The maximum Gasteiger partial charge on any atom is 0.421 e. The van der Waals surface area contributed by atoms with Crippen molar-refractivity contribution in [2.24, 2.45) is 5.92 Å². The number of cyclic esters (lactones) is 1. The summed E-state index contributed by atoms with van der Waals surface area (Å²) in [5.74, 6) is 2.02. The monoisotopic (exact) mass is 899 g/mol. The predicted octanol–water partition coefficient (Wildman–Crippen LogP) is 7.46. The fourth-order valence-electron chi connectivity index (χ4n) is 9.60. The number of morpholine rings is 1. The number of nitro groups is 1. The largest absolute Gasteiger partial charge is 0.497 e. The van der Waals surface area contributed by atoms with E-state index in [1.54, 1.807) is 84.8 Å². The molecule has 336 valence electrons. The number of carbonyl (C=O) groups excluding carboxylic acids is 3. The third-order valence-electron chi connectivity index (χ3n) is 12.4. The van der Waals surface area contributed by atoms with E-state index in [1.165, 1.54) is 30.3 Å². The second-order valence-electron chi connectivity index (χ2n) is 16.1. The van der Waals surface area contributed by atoms with E-state index in [9.17, 15) is 34.7 Å². The molecule has 6 atom stereocenters. The summed E-state index contributed by atoms with van der Waals surface area (Å²) >= 11 is 0. The molecule has 0 saturated carbocycles. The Balaban J connectivity index is 1.28. The van der Waals surface area contributed by atoms with Crippen LogP contribution in [0.5, 0.6) is 11.5 Å². The molecule has 2 saturated heterocycles. The molecule has 2 fully saturated rings. The topological polar surface area (TPSA) is 195 Å². The van der Waals surface area contributed by atoms with Gasteiger partial charge in [-0.3, -0.25) is 29.4 Å². The number of benzene rings is 6. The van der Waals surface area contributed by atoms with Gasteiger partial charge in [-0.1, -0.05) is 84.6 Å². The number of aliphatic hydroxyl groups excluding tert-OH is 1. The molecule has 6 aromatic carbocycles. The van der Waals surface area contributed by atoms with Gasteiger partial charge in [-0.05, 0) is 94.5 Å². The van der Waals surface area contributed by atoms with E-state index in [2.05, 4.69) is 11.8 Å². The minimum Gasteiger partial charge on any atom is -0.497 e. The summed E-state index contributed by atoms with van der Waals surface area (Å²) in [6.07, 6.45) is -2.14. The van der Waals surface area contributed by atoms with Crippen LogP contribution in [0, 0.1) is 27.9 Å². The summed E-state index contributed by atoms with van der Waals surface area (Å²) in [6.45, 7) is -0.659. The van der Waals surface area contributed by atoms with Crippen LogP contribution in [0.1, 0.15) is 57.1 Å². The highest BCUT2D eigenvalue weighted by Gasteiger charge is 2.76. The molecule has 6 aromatic rings. The van der Waals surface area contributed by atoms with E-state index in [0.29, 0.717) is 44.9 Å². The van der Waals surface area contributed by atoms with Crippen molar-refractivity contribution in [1.82, 2.24) is 4.90 Å². The average Bonchev–Trinajstić information content (AvgIpc) is 3.81. The Morgan fingerprint density at radius 1 is 0.776 bits per heavy atom. The number of hydrogen-bond acceptors (Lipinski definition) is 12. The number of nitro benzene ring substituents is 1. The lowest BCUT2D eigenvalue weighted by atomic mass is 9.65. The first-order valence-electron chi connectivity index (χ1n) is 21.2. The van der Waals surface area contributed by atoms with Gasteiger partial charge in [-0.25, -0.2) is 9.69 Å². The number of methoxy groups -OCH3 is 1. The molecule has 0 aliphatic carbocycles. The summed E-state index contributed by atoms with van der Waals surface area (Å²) in [6, 6.07) is 38.1.